The molecule has 1 aromatic rings. The molecule has 0 radical (unpaired) electrons. The van der Waals surface area contributed by atoms with Crippen molar-refractivity contribution in [1.29, 1.82) is 0 Å². The molecule has 1 aromatic heterocycles. The molecule has 0 aliphatic carbocycles. The van der Waals surface area contributed by atoms with Gasteiger partial charge in [0.2, 0.25) is 0 Å². The molecule has 1 aliphatic heterocycles. The van der Waals surface area contributed by atoms with Crippen LogP contribution in [0.3, 0.4) is 0 Å². The number of likely N-dealkylation sites (tertiary alicyclic amines) is 1. The monoisotopic (exact) mass is 191 g/mol. The Labute approximate surface area is 84.9 Å². The minimum absolute atomic E-state index is 0.606. The lowest BCUT2D eigenvalue weighted by molar-refractivity contribution is 0.253. The largest absolute Gasteiger partial charge is 0.399 e. The van der Waals surface area contributed by atoms with Gasteiger partial charge in [0.05, 0.1) is 0 Å². The van der Waals surface area contributed by atoms with Crippen LogP contribution >= 0.6 is 0 Å². The molecule has 0 atom stereocenters. The lowest BCUT2D eigenvalue weighted by atomic mass is 9.93. The van der Waals surface area contributed by atoms with Gasteiger partial charge in [-0.2, -0.15) is 0 Å². The normalized spacial score (nSPS) is 19.8. The van der Waals surface area contributed by atoms with Crippen LogP contribution < -0.4 is 5.73 Å². The second kappa shape index (κ2) is 3.96. The molecule has 2 heterocycles. The van der Waals surface area contributed by atoms with Crippen LogP contribution in [0.4, 0.5) is 5.69 Å². The van der Waals surface area contributed by atoms with Crippen LogP contribution in [-0.2, 0) is 0 Å². The Hall–Kier alpha value is -1.09. The molecule has 0 aromatic carbocycles. The summed E-state index contributed by atoms with van der Waals surface area (Å²) in [5.74, 6) is 0.606. The van der Waals surface area contributed by atoms with Crippen molar-refractivity contribution in [1.82, 2.24) is 9.88 Å². The third-order valence-corrected chi connectivity index (χ3v) is 2.94. The smallest absolute Gasteiger partial charge is 0.0455 e. The predicted molar refractivity (Wildman–Crippen MR) is 58.1 cm³/mol. The molecule has 3 heteroatoms. The molecule has 0 unspecified atom stereocenters. The van der Waals surface area contributed by atoms with E-state index < -0.39 is 0 Å². The van der Waals surface area contributed by atoms with E-state index in [2.05, 4.69) is 16.9 Å². The van der Waals surface area contributed by atoms with Crippen molar-refractivity contribution in [2.24, 2.45) is 0 Å². The second-order valence-electron chi connectivity index (χ2n) is 4.09. The molecule has 0 saturated carbocycles. The highest BCUT2D eigenvalue weighted by atomic mass is 15.1. The summed E-state index contributed by atoms with van der Waals surface area (Å²) in [6, 6.07) is 3.86. The summed E-state index contributed by atoms with van der Waals surface area (Å²) in [6.45, 7) is 2.34. The molecule has 0 bridgehead atoms. The molecule has 1 fully saturated rings. The Bertz CT molecular complexity index is 303. The maximum Gasteiger partial charge on any atom is 0.0455 e. The zero-order valence-electron chi connectivity index (χ0n) is 8.61. The molecular formula is C11H17N3. The molecule has 14 heavy (non-hydrogen) atoms. The van der Waals surface area contributed by atoms with Gasteiger partial charge in [-0.15, -0.1) is 0 Å². The van der Waals surface area contributed by atoms with Crippen molar-refractivity contribution in [3.63, 3.8) is 0 Å². The van der Waals surface area contributed by atoms with Crippen LogP contribution in [0.2, 0.25) is 0 Å². The van der Waals surface area contributed by atoms with Crippen LogP contribution in [0, 0.1) is 0 Å². The maximum absolute atomic E-state index is 5.74. The number of anilines is 1. The zero-order valence-corrected chi connectivity index (χ0v) is 8.61. The molecule has 3 nitrogen and oxygen atoms in total. The summed E-state index contributed by atoms with van der Waals surface area (Å²) < 4.78 is 0. The number of hydrogen-bond acceptors (Lipinski definition) is 3. The van der Waals surface area contributed by atoms with Crippen molar-refractivity contribution in [2.45, 2.75) is 18.8 Å². The summed E-state index contributed by atoms with van der Waals surface area (Å²) in [6.07, 6.45) is 4.21. The number of aromatic nitrogens is 1. The van der Waals surface area contributed by atoms with Crippen LogP contribution in [0.1, 0.15) is 24.5 Å². The van der Waals surface area contributed by atoms with E-state index in [9.17, 15) is 0 Å². The summed E-state index contributed by atoms with van der Waals surface area (Å²) in [7, 11) is 2.17. The number of rotatable bonds is 1. The van der Waals surface area contributed by atoms with Gasteiger partial charge in [-0.3, -0.25) is 4.98 Å². The Morgan fingerprint density at radius 2 is 2.14 bits per heavy atom. The standard InChI is InChI=1S/C11H17N3/c1-14-6-3-9(4-7-14)11-8-10(12)2-5-13-11/h2,5,8-9H,3-4,6-7H2,1H3,(H2,12,13). The van der Waals surface area contributed by atoms with E-state index in [1.165, 1.54) is 25.9 Å². The van der Waals surface area contributed by atoms with Crippen LogP contribution in [0.25, 0.3) is 0 Å². The van der Waals surface area contributed by atoms with E-state index in [0.717, 1.165) is 11.4 Å². The Balaban J connectivity index is 2.08. The molecule has 76 valence electrons. The average Bonchev–Trinajstić information content (AvgIpc) is 2.19. The average molecular weight is 191 g/mol. The quantitative estimate of drug-likeness (QED) is 0.731. The predicted octanol–water partition coefficient (Wildman–Crippen LogP) is 1.47. The second-order valence-corrected chi connectivity index (χ2v) is 4.09. The molecule has 2 N–H and O–H groups in total. The Morgan fingerprint density at radius 1 is 1.43 bits per heavy atom. The number of pyridine rings is 1. The number of hydrogen-bond donors (Lipinski definition) is 1. The van der Waals surface area contributed by atoms with Gasteiger partial charge in [-0.1, -0.05) is 0 Å². The SMILES string of the molecule is CN1CCC(c2cc(N)ccn2)CC1. The van der Waals surface area contributed by atoms with Crippen LogP contribution in [0.5, 0.6) is 0 Å². The lowest BCUT2D eigenvalue weighted by Crippen LogP contribution is -2.29. The van der Waals surface area contributed by atoms with Gasteiger partial charge >= 0.3 is 0 Å². The topological polar surface area (TPSA) is 42.1 Å². The zero-order chi connectivity index (χ0) is 9.97. The molecule has 0 spiro atoms. The minimum atomic E-state index is 0.606. The van der Waals surface area contributed by atoms with Gasteiger partial charge in [0, 0.05) is 23.5 Å². The summed E-state index contributed by atoms with van der Waals surface area (Å²) >= 11 is 0. The highest BCUT2D eigenvalue weighted by Gasteiger charge is 2.19. The number of piperidine rings is 1. The molecule has 0 amide bonds. The molecule has 1 saturated heterocycles. The maximum atomic E-state index is 5.74. The van der Waals surface area contributed by atoms with Gasteiger partial charge in [0.25, 0.3) is 0 Å². The molecular weight excluding hydrogens is 174 g/mol. The number of nitrogens with two attached hydrogens (primary N) is 1. The summed E-state index contributed by atoms with van der Waals surface area (Å²) in [4.78, 5) is 6.75. The van der Waals surface area contributed by atoms with Crippen molar-refractivity contribution in [3.8, 4) is 0 Å². The van der Waals surface area contributed by atoms with Crippen molar-refractivity contribution >= 4 is 5.69 Å². The lowest BCUT2D eigenvalue weighted by Gasteiger charge is -2.28. The van der Waals surface area contributed by atoms with Crippen molar-refractivity contribution < 1.29 is 0 Å². The molecule has 2 rings (SSSR count). The first-order valence-electron chi connectivity index (χ1n) is 5.15. The molecule has 1 aliphatic rings. The fourth-order valence-corrected chi connectivity index (χ4v) is 1.99. The van der Waals surface area contributed by atoms with E-state index in [1.807, 2.05) is 18.3 Å². The highest BCUT2D eigenvalue weighted by molar-refractivity contribution is 5.38. The third kappa shape index (κ3) is 2.04. The van der Waals surface area contributed by atoms with E-state index in [1.54, 1.807) is 0 Å². The fraction of sp³-hybridized carbons (Fsp3) is 0.545. The van der Waals surface area contributed by atoms with Crippen LogP contribution in [0.15, 0.2) is 18.3 Å². The first-order valence-corrected chi connectivity index (χ1v) is 5.15. The van der Waals surface area contributed by atoms with Gasteiger partial charge in [0.15, 0.2) is 0 Å². The number of nitrogen functional groups attached to an aromatic ring is 1. The fourth-order valence-electron chi connectivity index (χ4n) is 1.99. The van der Waals surface area contributed by atoms with Crippen molar-refractivity contribution in [2.75, 3.05) is 25.9 Å². The van der Waals surface area contributed by atoms with E-state index in [-0.39, 0.29) is 0 Å². The van der Waals surface area contributed by atoms with E-state index in [4.69, 9.17) is 5.73 Å². The van der Waals surface area contributed by atoms with E-state index in [0.29, 0.717) is 5.92 Å². The Morgan fingerprint density at radius 3 is 2.79 bits per heavy atom. The van der Waals surface area contributed by atoms with Crippen LogP contribution in [-0.4, -0.2) is 30.0 Å². The number of nitrogens with zero attached hydrogens (tertiary/aromatic N) is 2. The first kappa shape index (κ1) is 9.46. The minimum Gasteiger partial charge on any atom is -0.399 e. The van der Waals surface area contributed by atoms with Gasteiger partial charge in [0.1, 0.15) is 0 Å². The van der Waals surface area contributed by atoms with Gasteiger partial charge < -0.3 is 10.6 Å². The highest BCUT2D eigenvalue weighted by Crippen LogP contribution is 2.26. The van der Waals surface area contributed by atoms with Gasteiger partial charge in [-0.25, -0.2) is 0 Å². The first-order chi connectivity index (χ1) is 6.75. The Kier molecular flexibility index (Phi) is 2.68. The third-order valence-electron chi connectivity index (χ3n) is 2.94. The summed E-state index contributed by atoms with van der Waals surface area (Å²) in [5, 5.41) is 0. The van der Waals surface area contributed by atoms with Gasteiger partial charge in [-0.05, 0) is 45.1 Å². The van der Waals surface area contributed by atoms with Crippen molar-refractivity contribution in [3.05, 3.63) is 24.0 Å². The summed E-state index contributed by atoms with van der Waals surface area (Å²) in [5.41, 5.74) is 7.73. The van der Waals surface area contributed by atoms with E-state index >= 15 is 0 Å².